The standard InChI is InChI=1S/C25H24N4O4S/c1-31-17-14-19(33-3)18(32-2)13-16(17)23-21(24(30)27-20-11-7-8-12-26-20)22(28-25(34)29-23)15-9-5-4-6-10-15/h4-14,23H,1-3H3,(H,26,27,30)(H2,28,29,34)/t23-/m0/s1. The summed E-state index contributed by atoms with van der Waals surface area (Å²) in [5.74, 6) is 1.59. The molecule has 0 spiro atoms. The third-order valence-electron chi connectivity index (χ3n) is 5.33. The Bertz CT molecular complexity index is 1230. The van der Waals surface area contributed by atoms with Gasteiger partial charge in [-0.25, -0.2) is 4.98 Å². The summed E-state index contributed by atoms with van der Waals surface area (Å²) in [5.41, 5.74) is 2.46. The minimum absolute atomic E-state index is 0.345. The van der Waals surface area contributed by atoms with Crippen LogP contribution in [-0.4, -0.2) is 37.3 Å². The Morgan fingerprint density at radius 3 is 2.26 bits per heavy atom. The summed E-state index contributed by atoms with van der Waals surface area (Å²) in [4.78, 5) is 17.9. The van der Waals surface area contributed by atoms with Gasteiger partial charge in [0.1, 0.15) is 11.6 Å². The summed E-state index contributed by atoms with van der Waals surface area (Å²) >= 11 is 5.52. The van der Waals surface area contributed by atoms with Gasteiger partial charge < -0.3 is 30.2 Å². The number of hydrogen-bond donors (Lipinski definition) is 3. The van der Waals surface area contributed by atoms with Crippen molar-refractivity contribution in [2.75, 3.05) is 26.6 Å². The molecule has 3 aromatic rings. The molecule has 174 valence electrons. The highest BCUT2D eigenvalue weighted by Gasteiger charge is 2.35. The Kier molecular flexibility index (Phi) is 6.93. The number of thiocarbonyl (C=S) groups is 1. The molecule has 2 aromatic carbocycles. The van der Waals surface area contributed by atoms with Crippen molar-refractivity contribution in [2.24, 2.45) is 0 Å². The normalized spacial score (nSPS) is 15.1. The largest absolute Gasteiger partial charge is 0.496 e. The highest BCUT2D eigenvalue weighted by atomic mass is 32.1. The predicted octanol–water partition coefficient (Wildman–Crippen LogP) is 3.68. The maximum Gasteiger partial charge on any atom is 0.257 e. The molecule has 2 heterocycles. The van der Waals surface area contributed by atoms with E-state index in [1.807, 2.05) is 30.3 Å². The van der Waals surface area contributed by atoms with Crippen LogP contribution in [0.4, 0.5) is 5.82 Å². The van der Waals surface area contributed by atoms with E-state index < -0.39 is 6.04 Å². The molecule has 0 radical (unpaired) electrons. The van der Waals surface area contributed by atoms with E-state index in [0.29, 0.717) is 45.0 Å². The Morgan fingerprint density at radius 2 is 1.62 bits per heavy atom. The van der Waals surface area contributed by atoms with Gasteiger partial charge >= 0.3 is 0 Å². The minimum Gasteiger partial charge on any atom is -0.496 e. The molecule has 9 heteroatoms. The van der Waals surface area contributed by atoms with Gasteiger partial charge in [-0.2, -0.15) is 0 Å². The fourth-order valence-corrected chi connectivity index (χ4v) is 3.99. The average Bonchev–Trinajstić information content (AvgIpc) is 2.88. The monoisotopic (exact) mass is 476 g/mol. The van der Waals surface area contributed by atoms with Gasteiger partial charge in [0.25, 0.3) is 5.91 Å². The molecule has 0 bridgehead atoms. The number of pyridine rings is 1. The van der Waals surface area contributed by atoms with E-state index in [2.05, 4.69) is 20.9 Å². The fraction of sp³-hybridized carbons (Fsp3) is 0.160. The number of hydrogen-bond acceptors (Lipinski definition) is 6. The topological polar surface area (TPSA) is 93.7 Å². The van der Waals surface area contributed by atoms with Crippen LogP contribution in [0.15, 0.2) is 72.4 Å². The smallest absolute Gasteiger partial charge is 0.257 e. The van der Waals surface area contributed by atoms with E-state index in [9.17, 15) is 4.79 Å². The predicted molar refractivity (Wildman–Crippen MR) is 134 cm³/mol. The molecule has 0 unspecified atom stereocenters. The number of carbonyl (C=O) groups is 1. The van der Waals surface area contributed by atoms with Crippen molar-refractivity contribution in [2.45, 2.75) is 6.04 Å². The second-order valence-electron chi connectivity index (χ2n) is 7.30. The zero-order chi connectivity index (χ0) is 24.1. The molecule has 1 amide bonds. The maximum absolute atomic E-state index is 13.7. The molecule has 0 saturated heterocycles. The molecule has 34 heavy (non-hydrogen) atoms. The van der Waals surface area contributed by atoms with Gasteiger partial charge in [0.15, 0.2) is 16.6 Å². The molecule has 0 saturated carbocycles. The number of ether oxygens (including phenoxy) is 3. The summed E-state index contributed by atoms with van der Waals surface area (Å²) in [6, 6.07) is 17.7. The number of amides is 1. The lowest BCUT2D eigenvalue weighted by Crippen LogP contribution is -2.46. The van der Waals surface area contributed by atoms with E-state index in [1.165, 1.54) is 0 Å². The first-order valence-corrected chi connectivity index (χ1v) is 10.9. The van der Waals surface area contributed by atoms with Gasteiger partial charge in [0.05, 0.1) is 38.6 Å². The summed E-state index contributed by atoms with van der Waals surface area (Å²) in [7, 11) is 4.65. The highest BCUT2D eigenvalue weighted by Crippen LogP contribution is 2.41. The van der Waals surface area contributed by atoms with Crippen molar-refractivity contribution in [3.63, 3.8) is 0 Å². The first kappa shape index (κ1) is 23.1. The van der Waals surface area contributed by atoms with Crippen LogP contribution >= 0.6 is 12.2 Å². The number of aromatic nitrogens is 1. The van der Waals surface area contributed by atoms with E-state index in [1.54, 1.807) is 57.9 Å². The number of carbonyl (C=O) groups excluding carboxylic acids is 1. The molecule has 4 rings (SSSR count). The average molecular weight is 477 g/mol. The number of nitrogens with one attached hydrogen (secondary N) is 3. The van der Waals surface area contributed by atoms with Crippen molar-refractivity contribution >= 4 is 34.8 Å². The van der Waals surface area contributed by atoms with E-state index in [4.69, 9.17) is 26.4 Å². The lowest BCUT2D eigenvalue weighted by molar-refractivity contribution is -0.113. The Labute approximate surface area is 202 Å². The summed E-state index contributed by atoms with van der Waals surface area (Å²) in [6.45, 7) is 0. The lowest BCUT2D eigenvalue weighted by Gasteiger charge is -2.32. The molecule has 1 aliphatic rings. The van der Waals surface area contributed by atoms with E-state index in [-0.39, 0.29) is 5.91 Å². The minimum atomic E-state index is -0.651. The first-order valence-electron chi connectivity index (χ1n) is 10.4. The van der Waals surface area contributed by atoms with Gasteiger partial charge in [0, 0.05) is 17.8 Å². The zero-order valence-electron chi connectivity index (χ0n) is 18.9. The lowest BCUT2D eigenvalue weighted by atomic mass is 9.91. The van der Waals surface area contributed by atoms with Crippen LogP contribution in [0.1, 0.15) is 17.2 Å². The number of rotatable bonds is 7. The van der Waals surface area contributed by atoms with Crippen LogP contribution in [0.25, 0.3) is 5.70 Å². The van der Waals surface area contributed by atoms with E-state index >= 15 is 0 Å². The van der Waals surface area contributed by atoms with E-state index in [0.717, 1.165) is 5.56 Å². The third-order valence-corrected chi connectivity index (χ3v) is 5.55. The van der Waals surface area contributed by atoms with Gasteiger partial charge in [-0.1, -0.05) is 36.4 Å². The van der Waals surface area contributed by atoms with Crippen LogP contribution in [0, 0.1) is 0 Å². The third kappa shape index (κ3) is 4.65. The molecular weight excluding hydrogens is 452 g/mol. The second-order valence-corrected chi connectivity index (χ2v) is 7.71. The van der Waals surface area contributed by atoms with Gasteiger partial charge in [-0.05, 0) is 36.0 Å². The molecule has 3 N–H and O–H groups in total. The van der Waals surface area contributed by atoms with Crippen molar-refractivity contribution < 1.29 is 19.0 Å². The number of benzene rings is 2. The highest BCUT2D eigenvalue weighted by molar-refractivity contribution is 7.80. The number of methoxy groups -OCH3 is 3. The fourth-order valence-electron chi connectivity index (χ4n) is 3.77. The summed E-state index contributed by atoms with van der Waals surface area (Å²) in [6.07, 6.45) is 1.61. The molecule has 1 aliphatic heterocycles. The quantitative estimate of drug-likeness (QED) is 0.445. The van der Waals surface area contributed by atoms with Crippen molar-refractivity contribution in [1.29, 1.82) is 0 Å². The molecule has 1 atom stereocenters. The molecule has 0 aliphatic carbocycles. The van der Waals surface area contributed by atoms with Crippen molar-refractivity contribution in [3.8, 4) is 17.2 Å². The van der Waals surface area contributed by atoms with Crippen molar-refractivity contribution in [3.05, 3.63) is 83.6 Å². The van der Waals surface area contributed by atoms with Crippen LogP contribution in [0.2, 0.25) is 0 Å². The van der Waals surface area contributed by atoms with Crippen LogP contribution < -0.4 is 30.2 Å². The summed E-state index contributed by atoms with van der Waals surface area (Å²) in [5, 5.41) is 9.63. The molecule has 0 fully saturated rings. The zero-order valence-corrected chi connectivity index (χ0v) is 19.7. The van der Waals surface area contributed by atoms with Crippen LogP contribution in [0.5, 0.6) is 17.2 Å². The molecule has 8 nitrogen and oxygen atoms in total. The first-order chi connectivity index (χ1) is 16.5. The SMILES string of the molecule is COc1cc(OC)c([C@@H]2NC(=S)NC(c3ccccc3)=C2C(=O)Nc2ccccn2)cc1OC. The van der Waals surface area contributed by atoms with Crippen molar-refractivity contribution in [1.82, 2.24) is 15.6 Å². The van der Waals surface area contributed by atoms with Crippen LogP contribution in [0.3, 0.4) is 0 Å². The molecular formula is C25H24N4O4S. The second kappa shape index (κ2) is 10.2. The summed E-state index contributed by atoms with van der Waals surface area (Å²) < 4.78 is 16.6. The maximum atomic E-state index is 13.7. The Morgan fingerprint density at radius 1 is 0.941 bits per heavy atom. The Balaban J connectivity index is 1.91. The van der Waals surface area contributed by atoms with Gasteiger partial charge in [0.2, 0.25) is 0 Å². The molecule has 1 aromatic heterocycles. The number of anilines is 1. The van der Waals surface area contributed by atoms with Gasteiger partial charge in [-0.15, -0.1) is 0 Å². The van der Waals surface area contributed by atoms with Gasteiger partial charge in [-0.3, -0.25) is 4.79 Å². The van der Waals surface area contributed by atoms with Crippen LogP contribution in [-0.2, 0) is 4.79 Å². The Hall–Kier alpha value is -4.11. The number of nitrogens with zero attached hydrogens (tertiary/aromatic N) is 1.